The highest BCUT2D eigenvalue weighted by Crippen LogP contribution is 2.30. The second kappa shape index (κ2) is 6.02. The molecule has 1 saturated heterocycles. The van der Waals surface area contributed by atoms with Gasteiger partial charge in [-0.05, 0) is 36.0 Å². The molecule has 0 spiro atoms. The fraction of sp³-hybridized carbons (Fsp3) is 0.571. The Balaban J connectivity index is 2.35. The smallest absolute Gasteiger partial charge is 0.244 e. The molecular weight excluding hydrogens is 296 g/mol. The third-order valence-corrected chi connectivity index (χ3v) is 6.00. The zero-order valence-corrected chi connectivity index (χ0v) is 13.4. The van der Waals surface area contributed by atoms with Crippen LogP contribution in [0.5, 0.6) is 0 Å². The maximum absolute atomic E-state index is 12.7. The molecule has 0 aliphatic carbocycles. The molecule has 1 heterocycles. The summed E-state index contributed by atoms with van der Waals surface area (Å²) in [7, 11) is -3.52. The molecule has 2 atom stereocenters. The van der Waals surface area contributed by atoms with E-state index in [0.717, 1.165) is 12.0 Å². The molecule has 4 nitrogen and oxygen atoms in total. The Hall–Kier alpha value is -0.620. The zero-order valence-electron chi connectivity index (χ0n) is 11.8. The SMILES string of the molecule is CC1CC(C)CN(S(=O)(=O)c2ccc(CN)cc2Cl)C1. The molecule has 0 saturated carbocycles. The lowest BCUT2D eigenvalue weighted by molar-refractivity contribution is 0.222. The van der Waals surface area contributed by atoms with E-state index < -0.39 is 10.0 Å². The maximum atomic E-state index is 12.7. The molecule has 2 N–H and O–H groups in total. The van der Waals surface area contributed by atoms with Crippen LogP contribution in [0.2, 0.25) is 5.02 Å². The third kappa shape index (κ3) is 3.17. The minimum Gasteiger partial charge on any atom is -0.326 e. The lowest BCUT2D eigenvalue weighted by atomic mass is 9.94. The van der Waals surface area contributed by atoms with Gasteiger partial charge < -0.3 is 5.73 Å². The van der Waals surface area contributed by atoms with E-state index in [1.54, 1.807) is 22.5 Å². The molecule has 0 bridgehead atoms. The second-order valence-corrected chi connectivity index (χ2v) is 8.05. The fourth-order valence-corrected chi connectivity index (χ4v) is 5.04. The Kier molecular flexibility index (Phi) is 4.74. The first-order chi connectivity index (χ1) is 9.34. The fourth-order valence-electron chi connectivity index (χ4n) is 2.82. The molecule has 2 unspecified atom stereocenters. The molecule has 20 heavy (non-hydrogen) atoms. The van der Waals surface area contributed by atoms with Gasteiger partial charge in [0.25, 0.3) is 0 Å². The normalized spacial score (nSPS) is 24.8. The van der Waals surface area contributed by atoms with Gasteiger partial charge in [0, 0.05) is 19.6 Å². The van der Waals surface area contributed by atoms with E-state index >= 15 is 0 Å². The van der Waals surface area contributed by atoms with Crippen molar-refractivity contribution in [3.63, 3.8) is 0 Å². The quantitative estimate of drug-likeness (QED) is 0.931. The van der Waals surface area contributed by atoms with Gasteiger partial charge in [0.05, 0.1) is 5.02 Å². The summed E-state index contributed by atoms with van der Waals surface area (Å²) in [5, 5.41) is 0.249. The van der Waals surface area contributed by atoms with Gasteiger partial charge in [0.1, 0.15) is 4.90 Å². The molecule has 0 aromatic heterocycles. The highest BCUT2D eigenvalue weighted by Gasteiger charge is 2.32. The molecule has 1 aromatic rings. The number of piperidine rings is 1. The van der Waals surface area contributed by atoms with Crippen LogP contribution in [-0.2, 0) is 16.6 Å². The van der Waals surface area contributed by atoms with E-state index in [4.69, 9.17) is 17.3 Å². The van der Waals surface area contributed by atoms with Gasteiger partial charge in [0.15, 0.2) is 0 Å². The first-order valence-corrected chi connectivity index (χ1v) is 8.65. The van der Waals surface area contributed by atoms with Crippen molar-refractivity contribution in [1.29, 1.82) is 0 Å². The monoisotopic (exact) mass is 316 g/mol. The predicted molar refractivity (Wildman–Crippen MR) is 81.0 cm³/mol. The van der Waals surface area contributed by atoms with Crippen LogP contribution in [0, 0.1) is 11.8 Å². The van der Waals surface area contributed by atoms with Crippen LogP contribution in [0.1, 0.15) is 25.8 Å². The van der Waals surface area contributed by atoms with Crippen LogP contribution in [0.4, 0.5) is 0 Å². The summed E-state index contributed by atoms with van der Waals surface area (Å²) in [5.41, 5.74) is 6.37. The number of nitrogens with zero attached hydrogens (tertiary/aromatic N) is 1. The van der Waals surface area contributed by atoms with Crippen molar-refractivity contribution in [1.82, 2.24) is 4.31 Å². The van der Waals surface area contributed by atoms with Crippen molar-refractivity contribution in [3.05, 3.63) is 28.8 Å². The minimum absolute atomic E-state index is 0.178. The average molecular weight is 317 g/mol. The topological polar surface area (TPSA) is 63.4 Å². The van der Waals surface area contributed by atoms with E-state index in [1.165, 1.54) is 0 Å². The third-order valence-electron chi connectivity index (χ3n) is 3.69. The molecule has 1 aromatic carbocycles. The molecule has 2 rings (SSSR count). The Morgan fingerprint density at radius 1 is 1.30 bits per heavy atom. The number of hydrogen-bond donors (Lipinski definition) is 1. The van der Waals surface area contributed by atoms with Crippen molar-refractivity contribution >= 4 is 21.6 Å². The number of hydrogen-bond acceptors (Lipinski definition) is 3. The van der Waals surface area contributed by atoms with E-state index in [-0.39, 0.29) is 9.92 Å². The van der Waals surface area contributed by atoms with E-state index in [0.29, 0.717) is 31.5 Å². The minimum atomic E-state index is -3.52. The first-order valence-electron chi connectivity index (χ1n) is 6.83. The maximum Gasteiger partial charge on any atom is 0.244 e. The largest absolute Gasteiger partial charge is 0.326 e. The van der Waals surface area contributed by atoms with Crippen molar-refractivity contribution in [2.45, 2.75) is 31.7 Å². The Labute approximate surface area is 126 Å². The molecule has 112 valence electrons. The van der Waals surface area contributed by atoms with Crippen LogP contribution < -0.4 is 5.73 Å². The van der Waals surface area contributed by atoms with Gasteiger partial charge in [-0.1, -0.05) is 31.5 Å². The first kappa shape index (κ1) is 15.8. The van der Waals surface area contributed by atoms with E-state index in [9.17, 15) is 8.42 Å². The van der Waals surface area contributed by atoms with Crippen LogP contribution in [0.15, 0.2) is 23.1 Å². The summed E-state index contributed by atoms with van der Waals surface area (Å²) in [4.78, 5) is 0.178. The number of rotatable bonds is 3. The number of nitrogens with two attached hydrogens (primary N) is 1. The van der Waals surface area contributed by atoms with E-state index in [1.807, 2.05) is 0 Å². The zero-order chi connectivity index (χ0) is 14.9. The molecule has 1 fully saturated rings. The number of sulfonamides is 1. The van der Waals surface area contributed by atoms with E-state index in [2.05, 4.69) is 13.8 Å². The lowest BCUT2D eigenvalue weighted by Gasteiger charge is -2.34. The number of halogens is 1. The second-order valence-electron chi connectivity index (χ2n) is 5.74. The highest BCUT2D eigenvalue weighted by molar-refractivity contribution is 7.89. The van der Waals surface area contributed by atoms with Crippen LogP contribution in [-0.4, -0.2) is 25.8 Å². The van der Waals surface area contributed by atoms with Crippen molar-refractivity contribution < 1.29 is 8.42 Å². The molecule has 0 radical (unpaired) electrons. The van der Waals surface area contributed by atoms with Crippen LogP contribution in [0.3, 0.4) is 0 Å². The van der Waals surface area contributed by atoms with Crippen molar-refractivity contribution in [2.75, 3.05) is 13.1 Å². The summed E-state index contributed by atoms with van der Waals surface area (Å²) >= 11 is 6.12. The van der Waals surface area contributed by atoms with Gasteiger partial charge in [-0.15, -0.1) is 0 Å². The summed E-state index contributed by atoms with van der Waals surface area (Å²) in [5.74, 6) is 0.742. The molecule has 1 aliphatic rings. The summed E-state index contributed by atoms with van der Waals surface area (Å²) < 4.78 is 27.0. The molecule has 0 amide bonds. The van der Waals surface area contributed by atoms with Gasteiger partial charge in [-0.2, -0.15) is 4.31 Å². The Morgan fingerprint density at radius 2 is 1.90 bits per heavy atom. The summed E-state index contributed by atoms with van der Waals surface area (Å²) in [6.07, 6.45) is 1.06. The van der Waals surface area contributed by atoms with Crippen LogP contribution in [0.25, 0.3) is 0 Å². The van der Waals surface area contributed by atoms with Crippen LogP contribution >= 0.6 is 11.6 Å². The molecular formula is C14H21ClN2O2S. The molecule has 6 heteroatoms. The lowest BCUT2D eigenvalue weighted by Crippen LogP contribution is -2.42. The van der Waals surface area contributed by atoms with Gasteiger partial charge in [0.2, 0.25) is 10.0 Å². The predicted octanol–water partition coefficient (Wildman–Crippen LogP) is 2.47. The summed E-state index contributed by atoms with van der Waals surface area (Å²) in [6, 6.07) is 4.91. The van der Waals surface area contributed by atoms with Crippen molar-refractivity contribution in [2.24, 2.45) is 17.6 Å². The van der Waals surface area contributed by atoms with Gasteiger partial charge >= 0.3 is 0 Å². The Bertz CT molecular complexity index is 579. The summed E-state index contributed by atoms with van der Waals surface area (Å²) in [6.45, 7) is 5.62. The standard InChI is InChI=1S/C14H21ClN2O2S/c1-10-5-11(2)9-17(8-10)20(18,19)14-4-3-12(7-16)6-13(14)15/h3-4,6,10-11H,5,7-9,16H2,1-2H3. The van der Waals surface area contributed by atoms with Gasteiger partial charge in [-0.3, -0.25) is 0 Å². The van der Waals surface area contributed by atoms with Crippen molar-refractivity contribution in [3.8, 4) is 0 Å². The average Bonchev–Trinajstić information content (AvgIpc) is 2.37. The number of benzene rings is 1. The Morgan fingerprint density at radius 3 is 2.40 bits per heavy atom. The highest BCUT2D eigenvalue weighted by atomic mass is 35.5. The molecule has 1 aliphatic heterocycles. The van der Waals surface area contributed by atoms with Gasteiger partial charge in [-0.25, -0.2) is 8.42 Å².